The molecule has 4 heteroatoms. The summed E-state index contributed by atoms with van der Waals surface area (Å²) in [6.45, 7) is 8.33. The van der Waals surface area contributed by atoms with E-state index in [1.54, 1.807) is 0 Å². The van der Waals surface area contributed by atoms with Crippen molar-refractivity contribution in [3.05, 3.63) is 45.3 Å². The first-order valence-electron chi connectivity index (χ1n) is 6.16. The maximum absolute atomic E-state index is 5.93. The van der Waals surface area contributed by atoms with Crippen molar-refractivity contribution in [2.45, 2.75) is 33.1 Å². The Morgan fingerprint density at radius 3 is 2.26 bits per heavy atom. The van der Waals surface area contributed by atoms with Crippen LogP contribution in [0.25, 0.3) is 11.3 Å². The molecule has 0 unspecified atom stereocenters. The molecule has 1 N–H and O–H groups in total. The fourth-order valence-electron chi connectivity index (χ4n) is 1.79. The SMILES string of the molecule is Cc1c(-c2ccc(Cl)cc2)[nH]c(C(C)(C)C)nc1=S. The number of aromatic nitrogens is 2. The largest absolute Gasteiger partial charge is 0.342 e. The number of halogens is 1. The monoisotopic (exact) mass is 292 g/mol. The molecular weight excluding hydrogens is 276 g/mol. The second kappa shape index (κ2) is 5.06. The van der Waals surface area contributed by atoms with Crippen LogP contribution in [-0.4, -0.2) is 9.97 Å². The second-order valence-corrected chi connectivity index (χ2v) is 6.47. The Hall–Kier alpha value is -1.19. The summed E-state index contributed by atoms with van der Waals surface area (Å²) in [5.74, 6) is 0.896. The van der Waals surface area contributed by atoms with Gasteiger partial charge in [-0.25, -0.2) is 4.98 Å². The van der Waals surface area contributed by atoms with Crippen molar-refractivity contribution < 1.29 is 0 Å². The Bertz CT molecular complexity index is 651. The minimum absolute atomic E-state index is 0.0670. The number of rotatable bonds is 1. The van der Waals surface area contributed by atoms with Gasteiger partial charge in [0.15, 0.2) is 0 Å². The van der Waals surface area contributed by atoms with Gasteiger partial charge in [0.2, 0.25) is 0 Å². The first-order valence-corrected chi connectivity index (χ1v) is 6.95. The van der Waals surface area contributed by atoms with Crippen molar-refractivity contribution >= 4 is 23.8 Å². The number of nitrogens with one attached hydrogen (secondary N) is 1. The molecular formula is C15H17ClN2S. The molecule has 2 rings (SSSR count). The van der Waals surface area contributed by atoms with Crippen LogP contribution in [-0.2, 0) is 5.41 Å². The number of benzene rings is 1. The molecule has 0 spiro atoms. The molecule has 100 valence electrons. The number of aromatic amines is 1. The first kappa shape index (κ1) is 14.2. The molecule has 1 aromatic heterocycles. The molecule has 19 heavy (non-hydrogen) atoms. The van der Waals surface area contributed by atoms with Crippen LogP contribution in [0.1, 0.15) is 32.2 Å². The van der Waals surface area contributed by atoms with Crippen LogP contribution in [0.2, 0.25) is 5.02 Å². The van der Waals surface area contributed by atoms with Gasteiger partial charge >= 0.3 is 0 Å². The van der Waals surface area contributed by atoms with Gasteiger partial charge in [0.25, 0.3) is 0 Å². The molecule has 2 nitrogen and oxygen atoms in total. The predicted octanol–water partition coefficient (Wildman–Crippen LogP) is 5.07. The normalized spacial score (nSPS) is 11.6. The quantitative estimate of drug-likeness (QED) is 0.744. The summed E-state index contributed by atoms with van der Waals surface area (Å²) in [7, 11) is 0. The molecule has 0 amide bonds. The number of nitrogens with zero attached hydrogens (tertiary/aromatic N) is 1. The van der Waals surface area contributed by atoms with Crippen LogP contribution in [0, 0.1) is 11.6 Å². The van der Waals surface area contributed by atoms with E-state index in [4.69, 9.17) is 23.8 Å². The Morgan fingerprint density at radius 2 is 1.74 bits per heavy atom. The van der Waals surface area contributed by atoms with Crippen LogP contribution in [0.15, 0.2) is 24.3 Å². The highest BCUT2D eigenvalue weighted by Gasteiger charge is 2.18. The Morgan fingerprint density at radius 1 is 1.16 bits per heavy atom. The highest BCUT2D eigenvalue weighted by molar-refractivity contribution is 7.71. The van der Waals surface area contributed by atoms with E-state index in [1.807, 2.05) is 31.2 Å². The number of hydrogen-bond donors (Lipinski definition) is 1. The lowest BCUT2D eigenvalue weighted by Gasteiger charge is -2.19. The molecule has 0 bridgehead atoms. The molecule has 0 fully saturated rings. The number of H-pyrrole nitrogens is 1. The molecule has 0 saturated heterocycles. The van der Waals surface area contributed by atoms with Crippen LogP contribution in [0.3, 0.4) is 0 Å². The van der Waals surface area contributed by atoms with Gasteiger partial charge in [-0.2, -0.15) is 0 Å². The van der Waals surface area contributed by atoms with Crippen molar-refractivity contribution in [3.8, 4) is 11.3 Å². The second-order valence-electron chi connectivity index (χ2n) is 5.65. The lowest BCUT2D eigenvalue weighted by molar-refractivity contribution is 0.544. The van der Waals surface area contributed by atoms with E-state index in [9.17, 15) is 0 Å². The summed E-state index contributed by atoms with van der Waals surface area (Å²) in [5.41, 5.74) is 3.01. The number of hydrogen-bond acceptors (Lipinski definition) is 2. The van der Waals surface area contributed by atoms with Gasteiger partial charge in [0, 0.05) is 16.0 Å². The maximum atomic E-state index is 5.93. The van der Waals surface area contributed by atoms with E-state index in [1.165, 1.54) is 0 Å². The molecule has 1 aromatic carbocycles. The van der Waals surface area contributed by atoms with Gasteiger partial charge in [-0.05, 0) is 24.6 Å². The van der Waals surface area contributed by atoms with Crippen molar-refractivity contribution in [1.29, 1.82) is 0 Å². The first-order chi connectivity index (χ1) is 8.79. The van der Waals surface area contributed by atoms with Crippen LogP contribution < -0.4 is 0 Å². The smallest absolute Gasteiger partial charge is 0.133 e. The molecule has 1 heterocycles. The molecule has 0 aliphatic carbocycles. The zero-order chi connectivity index (χ0) is 14.2. The van der Waals surface area contributed by atoms with Gasteiger partial charge in [-0.15, -0.1) is 0 Å². The summed E-state index contributed by atoms with van der Waals surface area (Å²) < 4.78 is 0.647. The topological polar surface area (TPSA) is 28.7 Å². The average Bonchev–Trinajstić information content (AvgIpc) is 2.32. The third kappa shape index (κ3) is 3.04. The minimum atomic E-state index is -0.0670. The third-order valence-electron chi connectivity index (χ3n) is 3.00. The van der Waals surface area contributed by atoms with Crippen molar-refractivity contribution in [2.75, 3.05) is 0 Å². The Labute approximate surface area is 123 Å². The van der Waals surface area contributed by atoms with E-state index in [2.05, 4.69) is 30.7 Å². The fourth-order valence-corrected chi connectivity index (χ4v) is 2.11. The summed E-state index contributed by atoms with van der Waals surface area (Å²) >= 11 is 11.3. The van der Waals surface area contributed by atoms with Gasteiger partial charge in [-0.3, -0.25) is 0 Å². The minimum Gasteiger partial charge on any atom is -0.342 e. The lowest BCUT2D eigenvalue weighted by Crippen LogP contribution is -2.17. The van der Waals surface area contributed by atoms with E-state index in [0.29, 0.717) is 4.64 Å². The van der Waals surface area contributed by atoms with Gasteiger partial charge < -0.3 is 4.98 Å². The summed E-state index contributed by atoms with van der Waals surface area (Å²) in [4.78, 5) is 7.89. The van der Waals surface area contributed by atoms with E-state index >= 15 is 0 Å². The molecule has 0 saturated carbocycles. The molecule has 0 aliphatic rings. The molecule has 0 aliphatic heterocycles. The van der Waals surface area contributed by atoms with E-state index in [0.717, 1.165) is 27.7 Å². The Kier molecular flexibility index (Phi) is 3.79. The highest BCUT2D eigenvalue weighted by Crippen LogP contribution is 2.26. The van der Waals surface area contributed by atoms with Crippen molar-refractivity contribution in [2.24, 2.45) is 0 Å². The van der Waals surface area contributed by atoms with E-state index < -0.39 is 0 Å². The fraction of sp³-hybridized carbons (Fsp3) is 0.333. The van der Waals surface area contributed by atoms with Crippen molar-refractivity contribution in [1.82, 2.24) is 9.97 Å². The summed E-state index contributed by atoms with van der Waals surface area (Å²) in [6.07, 6.45) is 0. The van der Waals surface area contributed by atoms with Crippen LogP contribution >= 0.6 is 23.8 Å². The highest BCUT2D eigenvalue weighted by atomic mass is 35.5. The predicted molar refractivity (Wildman–Crippen MR) is 83.3 cm³/mol. The third-order valence-corrected chi connectivity index (χ3v) is 3.65. The molecule has 0 radical (unpaired) electrons. The Balaban J connectivity index is 2.66. The van der Waals surface area contributed by atoms with Gasteiger partial charge in [-0.1, -0.05) is 56.7 Å². The van der Waals surface area contributed by atoms with Crippen LogP contribution in [0.4, 0.5) is 0 Å². The van der Waals surface area contributed by atoms with Crippen LogP contribution in [0.5, 0.6) is 0 Å². The van der Waals surface area contributed by atoms with Crippen molar-refractivity contribution in [3.63, 3.8) is 0 Å². The zero-order valence-electron chi connectivity index (χ0n) is 11.5. The standard InChI is InChI=1S/C15H17ClN2S/c1-9-12(10-5-7-11(16)8-6-10)17-14(15(2,3)4)18-13(9)19/h5-8H,1-4H3,(H,17,18,19). The lowest BCUT2D eigenvalue weighted by atomic mass is 9.95. The molecule has 2 aromatic rings. The summed E-state index contributed by atoms with van der Waals surface area (Å²) in [6, 6.07) is 7.74. The zero-order valence-corrected chi connectivity index (χ0v) is 13.1. The molecule has 0 atom stereocenters. The van der Waals surface area contributed by atoms with Gasteiger partial charge in [0.1, 0.15) is 10.5 Å². The summed E-state index contributed by atoms with van der Waals surface area (Å²) in [5, 5.41) is 0.727. The van der Waals surface area contributed by atoms with Gasteiger partial charge in [0.05, 0.1) is 5.69 Å². The van der Waals surface area contributed by atoms with E-state index in [-0.39, 0.29) is 5.41 Å². The maximum Gasteiger partial charge on any atom is 0.133 e. The average molecular weight is 293 g/mol.